The summed E-state index contributed by atoms with van der Waals surface area (Å²) in [6.07, 6.45) is -4.12. The molecule has 1 aliphatic rings. The van der Waals surface area contributed by atoms with Gasteiger partial charge in [0.25, 0.3) is 0 Å². The molecule has 0 radical (unpaired) electrons. The Morgan fingerprint density at radius 1 is 1.38 bits per heavy atom. The van der Waals surface area contributed by atoms with Crippen LogP contribution in [0.15, 0.2) is 30.6 Å². The lowest BCUT2D eigenvalue weighted by Crippen LogP contribution is -2.51. The first kappa shape index (κ1) is 23.9. The number of alkyl halides is 1. The number of halogens is 2. The van der Waals surface area contributed by atoms with Gasteiger partial charge in [0.1, 0.15) is 12.7 Å². The molecule has 3 aromatic rings. The van der Waals surface area contributed by atoms with E-state index in [1.54, 1.807) is 31.3 Å². The molecule has 4 rings (SSSR count). The predicted octanol–water partition coefficient (Wildman–Crippen LogP) is 1.38. The van der Waals surface area contributed by atoms with Gasteiger partial charge in [-0.15, -0.1) is 0 Å². The standard InChI is InChI=1S/C20H23ClFN7O5/c1-25-15-13-16(28-18(24)27-15)29(9-26-13)17-20(22,8-23)14(12(6-30)33-17)34-19(31)32-7-10-2-4-11(21)5-3-10/h2-5,9,12,14,17,30H,6-8,23H2,1H3,(H3,24,25,27,28)/t12-,14-,17-,20-/m1/s1. The molecule has 6 N–H and O–H groups in total. The van der Waals surface area contributed by atoms with E-state index in [0.717, 1.165) is 0 Å². The number of nitrogens with two attached hydrogens (primary N) is 2. The number of hydrogen-bond donors (Lipinski definition) is 4. The van der Waals surface area contributed by atoms with Crippen LogP contribution in [0.1, 0.15) is 11.8 Å². The molecule has 0 spiro atoms. The first-order chi connectivity index (χ1) is 16.3. The van der Waals surface area contributed by atoms with Crippen LogP contribution in [0.3, 0.4) is 0 Å². The number of rotatable bonds is 7. The molecule has 0 bridgehead atoms. The van der Waals surface area contributed by atoms with Gasteiger partial charge in [-0.3, -0.25) is 4.57 Å². The second kappa shape index (κ2) is 9.54. The highest BCUT2D eigenvalue weighted by Gasteiger charge is 2.60. The minimum absolute atomic E-state index is 0.0777. The average Bonchev–Trinajstić information content (AvgIpc) is 3.37. The normalized spacial score (nSPS) is 24.3. The van der Waals surface area contributed by atoms with Crippen LogP contribution in [0.25, 0.3) is 11.2 Å². The monoisotopic (exact) mass is 495 g/mol. The number of nitrogens with zero attached hydrogens (tertiary/aromatic N) is 4. The lowest BCUT2D eigenvalue weighted by atomic mass is 9.96. The molecule has 4 atom stereocenters. The molecular weight excluding hydrogens is 473 g/mol. The van der Waals surface area contributed by atoms with Crippen molar-refractivity contribution < 1.29 is 28.5 Å². The van der Waals surface area contributed by atoms with Gasteiger partial charge in [-0.25, -0.2) is 14.2 Å². The van der Waals surface area contributed by atoms with E-state index < -0.39 is 43.4 Å². The van der Waals surface area contributed by atoms with Crippen molar-refractivity contribution in [3.05, 3.63) is 41.2 Å². The summed E-state index contributed by atoms with van der Waals surface area (Å²) in [6.45, 7) is -1.39. The zero-order valence-corrected chi connectivity index (χ0v) is 18.8. The van der Waals surface area contributed by atoms with Gasteiger partial charge in [-0.1, -0.05) is 23.7 Å². The molecule has 2 aromatic heterocycles. The predicted molar refractivity (Wildman–Crippen MR) is 120 cm³/mol. The average molecular weight is 496 g/mol. The van der Waals surface area contributed by atoms with E-state index >= 15 is 4.39 Å². The largest absolute Gasteiger partial charge is 0.509 e. The third kappa shape index (κ3) is 4.30. The number of aliphatic hydroxyl groups excluding tert-OH is 1. The molecule has 0 saturated carbocycles. The summed E-state index contributed by atoms with van der Waals surface area (Å²) in [5, 5.41) is 13.2. The number of nitrogen functional groups attached to an aromatic ring is 1. The van der Waals surface area contributed by atoms with E-state index in [2.05, 4.69) is 20.3 Å². The highest BCUT2D eigenvalue weighted by molar-refractivity contribution is 6.30. The van der Waals surface area contributed by atoms with Crippen LogP contribution >= 0.6 is 11.6 Å². The molecule has 1 aromatic carbocycles. The highest BCUT2D eigenvalue weighted by Crippen LogP contribution is 2.44. The molecule has 0 aliphatic carbocycles. The van der Waals surface area contributed by atoms with Crippen molar-refractivity contribution in [2.75, 3.05) is 31.2 Å². The summed E-state index contributed by atoms with van der Waals surface area (Å²) in [5.41, 5.74) is 10.2. The number of carbonyl (C=O) groups excluding carboxylic acids is 1. The first-order valence-corrected chi connectivity index (χ1v) is 10.6. The highest BCUT2D eigenvalue weighted by atomic mass is 35.5. The molecule has 0 amide bonds. The van der Waals surface area contributed by atoms with Gasteiger partial charge in [-0.05, 0) is 17.7 Å². The van der Waals surface area contributed by atoms with Crippen molar-refractivity contribution in [3.8, 4) is 0 Å². The van der Waals surface area contributed by atoms with Gasteiger partial charge in [0, 0.05) is 18.6 Å². The number of carbonyl (C=O) groups is 1. The van der Waals surface area contributed by atoms with E-state index in [4.69, 9.17) is 37.3 Å². The van der Waals surface area contributed by atoms with Crippen molar-refractivity contribution in [1.29, 1.82) is 0 Å². The van der Waals surface area contributed by atoms with Gasteiger partial charge in [0.15, 0.2) is 29.3 Å². The zero-order chi connectivity index (χ0) is 24.5. The minimum Gasteiger partial charge on any atom is -0.429 e. The topological polar surface area (TPSA) is 173 Å². The summed E-state index contributed by atoms with van der Waals surface area (Å²) in [5.74, 6) is 0.250. The van der Waals surface area contributed by atoms with E-state index in [-0.39, 0.29) is 18.2 Å². The van der Waals surface area contributed by atoms with Crippen LogP contribution in [0, 0.1) is 0 Å². The number of benzene rings is 1. The summed E-state index contributed by atoms with van der Waals surface area (Å²) < 4.78 is 33.6. The second-order valence-corrected chi connectivity index (χ2v) is 7.98. The van der Waals surface area contributed by atoms with Gasteiger partial charge in [0.2, 0.25) is 11.6 Å². The summed E-state index contributed by atoms with van der Waals surface area (Å²) >= 11 is 5.84. The number of nitrogens with one attached hydrogen (secondary N) is 1. The van der Waals surface area contributed by atoms with Crippen molar-refractivity contribution in [2.45, 2.75) is 30.7 Å². The summed E-state index contributed by atoms with van der Waals surface area (Å²) in [6, 6.07) is 6.60. The van der Waals surface area contributed by atoms with E-state index in [1.807, 2.05) is 0 Å². The molecular formula is C20H23ClFN7O5. The fourth-order valence-corrected chi connectivity index (χ4v) is 3.89. The van der Waals surface area contributed by atoms with Crippen molar-refractivity contribution in [3.63, 3.8) is 0 Å². The van der Waals surface area contributed by atoms with Crippen molar-refractivity contribution in [2.24, 2.45) is 5.73 Å². The van der Waals surface area contributed by atoms with E-state index in [9.17, 15) is 9.90 Å². The smallest absolute Gasteiger partial charge is 0.429 e. The van der Waals surface area contributed by atoms with Crippen LogP contribution in [0.5, 0.6) is 0 Å². The van der Waals surface area contributed by atoms with Crippen molar-refractivity contribution >= 4 is 40.7 Å². The third-order valence-electron chi connectivity index (χ3n) is 5.44. The van der Waals surface area contributed by atoms with Gasteiger partial charge in [0.05, 0.1) is 12.9 Å². The van der Waals surface area contributed by atoms with Crippen LogP contribution < -0.4 is 16.8 Å². The molecule has 3 heterocycles. The number of imidazole rings is 1. The lowest BCUT2D eigenvalue weighted by molar-refractivity contribution is -0.0589. The number of fused-ring (bicyclic) bond motifs is 1. The Balaban J connectivity index is 1.58. The van der Waals surface area contributed by atoms with Crippen LogP contribution in [0.4, 0.5) is 21.0 Å². The van der Waals surface area contributed by atoms with Crippen LogP contribution in [-0.2, 0) is 20.8 Å². The maximum atomic E-state index is 16.3. The summed E-state index contributed by atoms with van der Waals surface area (Å²) in [4.78, 5) is 24.7. The fourth-order valence-electron chi connectivity index (χ4n) is 3.77. The first-order valence-electron chi connectivity index (χ1n) is 10.2. The number of aliphatic hydroxyl groups is 1. The van der Waals surface area contributed by atoms with Crippen LogP contribution in [0.2, 0.25) is 5.02 Å². The minimum atomic E-state index is -2.46. The Bertz CT molecular complexity index is 1180. The number of hydrogen-bond acceptors (Lipinski definition) is 11. The Morgan fingerprint density at radius 3 is 2.76 bits per heavy atom. The molecule has 34 heavy (non-hydrogen) atoms. The van der Waals surface area contributed by atoms with E-state index in [1.165, 1.54) is 10.9 Å². The van der Waals surface area contributed by atoms with Gasteiger partial charge >= 0.3 is 6.16 Å². The quantitative estimate of drug-likeness (QED) is 0.349. The van der Waals surface area contributed by atoms with Gasteiger partial charge < -0.3 is 36.1 Å². The maximum absolute atomic E-state index is 16.3. The Labute approximate surface area is 198 Å². The molecule has 182 valence electrons. The summed E-state index contributed by atoms with van der Waals surface area (Å²) in [7, 11) is 1.62. The van der Waals surface area contributed by atoms with Gasteiger partial charge in [-0.2, -0.15) is 9.97 Å². The molecule has 1 saturated heterocycles. The van der Waals surface area contributed by atoms with Crippen LogP contribution in [-0.4, -0.2) is 68.9 Å². The van der Waals surface area contributed by atoms with Crippen molar-refractivity contribution in [1.82, 2.24) is 19.5 Å². The third-order valence-corrected chi connectivity index (χ3v) is 5.69. The Hall–Kier alpha value is -3.26. The number of aromatic nitrogens is 4. The zero-order valence-electron chi connectivity index (χ0n) is 18.0. The molecule has 1 aliphatic heterocycles. The van der Waals surface area contributed by atoms with E-state index in [0.29, 0.717) is 21.9 Å². The molecule has 14 heteroatoms. The molecule has 1 fully saturated rings. The Morgan fingerprint density at radius 2 is 2.12 bits per heavy atom. The number of ether oxygens (including phenoxy) is 3. The lowest BCUT2D eigenvalue weighted by Gasteiger charge is -2.29. The fraction of sp³-hybridized carbons (Fsp3) is 0.400. The molecule has 12 nitrogen and oxygen atoms in total. The molecule has 0 unspecified atom stereocenters. The maximum Gasteiger partial charge on any atom is 0.509 e. The number of anilines is 2. The second-order valence-electron chi connectivity index (χ2n) is 7.55. The Kier molecular flexibility index (Phi) is 6.70. The SMILES string of the molecule is CNc1nc(N)nc2c1ncn2[C@@H]1O[C@H](CO)[C@@H](OC(=O)OCc2ccc(Cl)cc2)[C@]1(F)CN.